The summed E-state index contributed by atoms with van der Waals surface area (Å²) < 4.78 is 5.76. The van der Waals surface area contributed by atoms with Gasteiger partial charge in [0.1, 0.15) is 5.52 Å². The van der Waals surface area contributed by atoms with E-state index >= 15 is 0 Å². The van der Waals surface area contributed by atoms with Crippen LogP contribution < -0.4 is 4.74 Å². The van der Waals surface area contributed by atoms with Crippen molar-refractivity contribution in [3.63, 3.8) is 0 Å². The molecule has 5 nitrogen and oxygen atoms in total. The molecule has 0 saturated heterocycles. The van der Waals surface area contributed by atoms with Crippen LogP contribution in [0.25, 0.3) is 10.9 Å². The molecule has 0 amide bonds. The van der Waals surface area contributed by atoms with Crippen LogP contribution in [-0.2, 0) is 6.61 Å². The zero-order valence-electron chi connectivity index (χ0n) is 11.9. The van der Waals surface area contributed by atoms with Gasteiger partial charge in [-0.3, -0.25) is 0 Å². The summed E-state index contributed by atoms with van der Waals surface area (Å²) in [6.45, 7) is 3.67. The zero-order valence-corrected chi connectivity index (χ0v) is 11.9. The van der Waals surface area contributed by atoms with Crippen molar-refractivity contribution in [3.05, 3.63) is 53.5 Å². The monoisotopic (exact) mass is 281 g/mol. The lowest BCUT2D eigenvalue weighted by Gasteiger charge is -2.08. The molecule has 0 aliphatic carbocycles. The Bertz CT molecular complexity index is 803. The maximum Gasteiger partial charge on any atom is 0.322 e. The number of rotatable bonds is 3. The summed E-state index contributed by atoms with van der Waals surface area (Å²) in [5.41, 5.74) is 3.09. The standard InChI is InChI=1S/C16H15N3O2/c1-10-6-7-12-4-3-5-14(15(12)18-10)21-16-17-8-13(9-20)11(2)19-16/h3-8,20H,9H2,1-2H3. The smallest absolute Gasteiger partial charge is 0.322 e. The SMILES string of the molecule is Cc1ccc2cccc(Oc3ncc(CO)c(C)n3)c2n1. The first-order valence-electron chi connectivity index (χ1n) is 6.65. The third-order valence-corrected chi connectivity index (χ3v) is 3.25. The molecule has 1 N–H and O–H groups in total. The number of aliphatic hydroxyl groups is 1. The number of aliphatic hydroxyl groups excluding tert-OH is 1. The highest BCUT2D eigenvalue weighted by atomic mass is 16.5. The predicted octanol–water partition coefficient (Wildman–Crippen LogP) is 2.93. The van der Waals surface area contributed by atoms with Gasteiger partial charge in [0, 0.05) is 22.8 Å². The second-order valence-corrected chi connectivity index (χ2v) is 4.80. The minimum Gasteiger partial charge on any atom is -0.422 e. The summed E-state index contributed by atoms with van der Waals surface area (Å²) in [5, 5.41) is 10.1. The van der Waals surface area contributed by atoms with Gasteiger partial charge in [0.15, 0.2) is 5.75 Å². The highest BCUT2D eigenvalue weighted by Crippen LogP contribution is 2.27. The van der Waals surface area contributed by atoms with Crippen LogP contribution in [0, 0.1) is 13.8 Å². The van der Waals surface area contributed by atoms with Gasteiger partial charge in [-0.05, 0) is 26.0 Å². The van der Waals surface area contributed by atoms with E-state index in [0.29, 0.717) is 17.0 Å². The Morgan fingerprint density at radius 3 is 2.71 bits per heavy atom. The van der Waals surface area contributed by atoms with Crippen molar-refractivity contribution in [1.29, 1.82) is 0 Å². The van der Waals surface area contributed by atoms with Gasteiger partial charge in [-0.1, -0.05) is 18.2 Å². The van der Waals surface area contributed by atoms with Gasteiger partial charge in [0.2, 0.25) is 0 Å². The van der Waals surface area contributed by atoms with E-state index in [9.17, 15) is 0 Å². The number of para-hydroxylation sites is 1. The summed E-state index contributed by atoms with van der Waals surface area (Å²) >= 11 is 0. The van der Waals surface area contributed by atoms with Crippen molar-refractivity contribution in [2.45, 2.75) is 20.5 Å². The molecule has 3 rings (SSSR count). The van der Waals surface area contributed by atoms with E-state index in [2.05, 4.69) is 15.0 Å². The number of nitrogens with zero attached hydrogens (tertiary/aromatic N) is 3. The van der Waals surface area contributed by atoms with E-state index < -0.39 is 0 Å². The summed E-state index contributed by atoms with van der Waals surface area (Å²) in [7, 11) is 0. The number of hydrogen-bond donors (Lipinski definition) is 1. The van der Waals surface area contributed by atoms with Crippen molar-refractivity contribution in [3.8, 4) is 11.8 Å². The lowest BCUT2D eigenvalue weighted by Crippen LogP contribution is -1.99. The zero-order chi connectivity index (χ0) is 14.8. The molecule has 2 aromatic heterocycles. The van der Waals surface area contributed by atoms with Gasteiger partial charge in [-0.25, -0.2) is 9.97 Å². The highest BCUT2D eigenvalue weighted by molar-refractivity contribution is 5.84. The summed E-state index contributed by atoms with van der Waals surface area (Å²) in [5.74, 6) is 0.618. The van der Waals surface area contributed by atoms with Gasteiger partial charge < -0.3 is 9.84 Å². The quantitative estimate of drug-likeness (QED) is 0.799. The van der Waals surface area contributed by atoms with Gasteiger partial charge in [-0.15, -0.1) is 0 Å². The molecule has 0 fully saturated rings. The van der Waals surface area contributed by atoms with Gasteiger partial charge >= 0.3 is 6.01 Å². The Kier molecular flexibility index (Phi) is 3.50. The van der Waals surface area contributed by atoms with Gasteiger partial charge in [-0.2, -0.15) is 4.98 Å². The first-order chi connectivity index (χ1) is 10.2. The van der Waals surface area contributed by atoms with Crippen LogP contribution in [0.4, 0.5) is 0 Å². The molecule has 3 aromatic rings. The van der Waals surface area contributed by atoms with Crippen molar-refractivity contribution in [1.82, 2.24) is 15.0 Å². The van der Waals surface area contributed by atoms with E-state index in [1.165, 1.54) is 0 Å². The molecule has 1 aromatic carbocycles. The van der Waals surface area contributed by atoms with E-state index in [-0.39, 0.29) is 12.6 Å². The molecule has 106 valence electrons. The second-order valence-electron chi connectivity index (χ2n) is 4.80. The minimum atomic E-state index is -0.0822. The number of aromatic nitrogens is 3. The number of benzene rings is 1. The number of ether oxygens (including phenoxy) is 1. The maximum absolute atomic E-state index is 9.14. The van der Waals surface area contributed by atoms with Crippen LogP contribution in [0.15, 0.2) is 36.5 Å². The Labute approximate surface area is 122 Å². The highest BCUT2D eigenvalue weighted by Gasteiger charge is 2.08. The topological polar surface area (TPSA) is 68.1 Å². The Morgan fingerprint density at radius 2 is 1.95 bits per heavy atom. The maximum atomic E-state index is 9.14. The molecular formula is C16H15N3O2. The normalized spacial score (nSPS) is 10.8. The fraction of sp³-hybridized carbons (Fsp3) is 0.188. The molecule has 0 aliphatic heterocycles. The fourth-order valence-corrected chi connectivity index (χ4v) is 2.07. The van der Waals surface area contributed by atoms with Crippen molar-refractivity contribution in [2.24, 2.45) is 0 Å². The molecule has 0 aliphatic rings. The number of pyridine rings is 1. The van der Waals surface area contributed by atoms with Gasteiger partial charge in [0.05, 0.1) is 12.3 Å². The van der Waals surface area contributed by atoms with Crippen LogP contribution >= 0.6 is 0 Å². The van der Waals surface area contributed by atoms with E-state index in [4.69, 9.17) is 9.84 Å². The van der Waals surface area contributed by atoms with Crippen LogP contribution in [0.2, 0.25) is 0 Å². The Hall–Kier alpha value is -2.53. The molecule has 0 saturated carbocycles. The fourth-order valence-electron chi connectivity index (χ4n) is 2.07. The molecule has 0 unspecified atom stereocenters. The first-order valence-corrected chi connectivity index (χ1v) is 6.65. The third kappa shape index (κ3) is 2.68. The third-order valence-electron chi connectivity index (χ3n) is 3.25. The second kappa shape index (κ2) is 5.46. The molecule has 0 spiro atoms. The van der Waals surface area contributed by atoms with Crippen LogP contribution in [0.3, 0.4) is 0 Å². The summed E-state index contributed by atoms with van der Waals surface area (Å²) in [4.78, 5) is 12.9. The number of aryl methyl sites for hydroxylation is 2. The van der Waals surface area contributed by atoms with Crippen molar-refractivity contribution in [2.75, 3.05) is 0 Å². The van der Waals surface area contributed by atoms with E-state index in [1.807, 2.05) is 44.2 Å². The predicted molar refractivity (Wildman–Crippen MR) is 79.2 cm³/mol. The minimum absolute atomic E-state index is 0.0822. The number of fused-ring (bicyclic) bond motifs is 1. The molecule has 0 radical (unpaired) electrons. The Morgan fingerprint density at radius 1 is 1.10 bits per heavy atom. The van der Waals surface area contributed by atoms with Crippen LogP contribution in [-0.4, -0.2) is 20.1 Å². The Balaban J connectivity index is 2.01. The summed E-state index contributed by atoms with van der Waals surface area (Å²) in [6.07, 6.45) is 1.57. The van der Waals surface area contributed by atoms with Gasteiger partial charge in [0.25, 0.3) is 0 Å². The number of hydrogen-bond acceptors (Lipinski definition) is 5. The van der Waals surface area contributed by atoms with E-state index in [1.54, 1.807) is 6.20 Å². The van der Waals surface area contributed by atoms with Crippen molar-refractivity contribution < 1.29 is 9.84 Å². The largest absolute Gasteiger partial charge is 0.422 e. The molecule has 0 bridgehead atoms. The molecule has 0 atom stereocenters. The average Bonchev–Trinajstić information content (AvgIpc) is 2.48. The first kappa shape index (κ1) is 13.5. The lowest BCUT2D eigenvalue weighted by molar-refractivity contribution is 0.279. The summed E-state index contributed by atoms with van der Waals surface area (Å²) in [6, 6.07) is 9.95. The molecule has 2 heterocycles. The van der Waals surface area contributed by atoms with Crippen LogP contribution in [0.5, 0.6) is 11.8 Å². The van der Waals surface area contributed by atoms with E-state index in [0.717, 1.165) is 16.6 Å². The average molecular weight is 281 g/mol. The lowest BCUT2D eigenvalue weighted by atomic mass is 10.2. The molecular weight excluding hydrogens is 266 g/mol. The molecule has 5 heteroatoms. The van der Waals surface area contributed by atoms with Crippen molar-refractivity contribution >= 4 is 10.9 Å². The molecule has 21 heavy (non-hydrogen) atoms. The van der Waals surface area contributed by atoms with Crippen LogP contribution in [0.1, 0.15) is 17.0 Å².